The molecule has 0 spiro atoms. The molecule has 19 heavy (non-hydrogen) atoms. The van der Waals surface area contributed by atoms with Gasteiger partial charge in [-0.1, -0.05) is 22.0 Å². The number of carbonyl (C=O) groups excluding carboxylic acids is 1. The first kappa shape index (κ1) is 16.4. The lowest BCUT2D eigenvalue weighted by atomic mass is 10.1. The Morgan fingerprint density at radius 1 is 1.47 bits per heavy atom. The predicted molar refractivity (Wildman–Crippen MR) is 78.5 cm³/mol. The Kier molecular flexibility index (Phi) is 6.23. The molecule has 1 amide bonds. The lowest BCUT2D eigenvalue weighted by Gasteiger charge is -2.11. The molecule has 2 rings (SSSR count). The van der Waals surface area contributed by atoms with E-state index in [2.05, 4.69) is 21.2 Å². The van der Waals surface area contributed by atoms with Crippen molar-refractivity contribution in [3.8, 4) is 0 Å². The monoisotopic (exact) mass is 350 g/mol. The first-order chi connectivity index (χ1) is 8.56. The van der Waals surface area contributed by atoms with Crippen LogP contribution in [0, 0.1) is 11.7 Å². The zero-order valence-corrected chi connectivity index (χ0v) is 12.8. The molecule has 0 heterocycles. The van der Waals surface area contributed by atoms with Crippen LogP contribution < -0.4 is 11.1 Å². The average Bonchev–Trinajstić information content (AvgIpc) is 2.74. The van der Waals surface area contributed by atoms with Crippen LogP contribution in [-0.4, -0.2) is 11.9 Å². The van der Waals surface area contributed by atoms with Crippen molar-refractivity contribution in [3.63, 3.8) is 0 Å². The first-order valence-electron chi connectivity index (χ1n) is 6.03. The van der Waals surface area contributed by atoms with E-state index < -0.39 is 0 Å². The quantitative estimate of drug-likeness (QED) is 0.880. The number of amides is 1. The first-order valence-corrected chi connectivity index (χ1v) is 6.83. The van der Waals surface area contributed by atoms with Gasteiger partial charge in [-0.15, -0.1) is 12.4 Å². The lowest BCUT2D eigenvalue weighted by molar-refractivity contribution is -0.125. The number of benzene rings is 1. The van der Waals surface area contributed by atoms with Crippen LogP contribution in [0.3, 0.4) is 0 Å². The van der Waals surface area contributed by atoms with Crippen molar-refractivity contribution in [2.24, 2.45) is 11.7 Å². The summed E-state index contributed by atoms with van der Waals surface area (Å²) >= 11 is 3.28. The fourth-order valence-electron chi connectivity index (χ4n) is 2.25. The fourth-order valence-corrected chi connectivity index (χ4v) is 2.74. The second-order valence-electron chi connectivity index (χ2n) is 4.72. The van der Waals surface area contributed by atoms with E-state index in [1.165, 1.54) is 12.1 Å². The highest BCUT2D eigenvalue weighted by molar-refractivity contribution is 9.10. The van der Waals surface area contributed by atoms with Gasteiger partial charge in [0.25, 0.3) is 0 Å². The maximum Gasteiger partial charge on any atom is 0.223 e. The van der Waals surface area contributed by atoms with Gasteiger partial charge in [0, 0.05) is 23.0 Å². The molecule has 1 aromatic rings. The largest absolute Gasteiger partial charge is 0.352 e. The Bertz CT molecular complexity index is 458. The highest BCUT2D eigenvalue weighted by Gasteiger charge is 2.27. The molecule has 3 nitrogen and oxygen atoms in total. The predicted octanol–water partition coefficient (Wildman–Crippen LogP) is 2.75. The van der Waals surface area contributed by atoms with Crippen molar-refractivity contribution < 1.29 is 9.18 Å². The summed E-state index contributed by atoms with van der Waals surface area (Å²) in [6.07, 6.45) is 2.53. The number of carbonyl (C=O) groups is 1. The van der Waals surface area contributed by atoms with Gasteiger partial charge in [0.1, 0.15) is 5.82 Å². The molecule has 3 N–H and O–H groups in total. The molecule has 0 saturated heterocycles. The number of hydrogen-bond acceptors (Lipinski definition) is 2. The lowest BCUT2D eigenvalue weighted by Crippen LogP contribution is -2.30. The molecule has 0 radical (unpaired) electrons. The van der Waals surface area contributed by atoms with Crippen LogP contribution in [0.5, 0.6) is 0 Å². The summed E-state index contributed by atoms with van der Waals surface area (Å²) < 4.78 is 13.6. The maximum atomic E-state index is 12.9. The second kappa shape index (κ2) is 7.22. The van der Waals surface area contributed by atoms with Gasteiger partial charge in [-0.05, 0) is 37.0 Å². The maximum absolute atomic E-state index is 12.9. The summed E-state index contributed by atoms with van der Waals surface area (Å²) in [5, 5.41) is 2.87. The Morgan fingerprint density at radius 3 is 2.79 bits per heavy atom. The molecule has 1 fully saturated rings. The van der Waals surface area contributed by atoms with Crippen molar-refractivity contribution in [2.45, 2.75) is 31.8 Å². The van der Waals surface area contributed by atoms with Gasteiger partial charge in [-0.3, -0.25) is 4.79 Å². The topological polar surface area (TPSA) is 55.1 Å². The van der Waals surface area contributed by atoms with E-state index in [-0.39, 0.29) is 36.1 Å². The van der Waals surface area contributed by atoms with E-state index in [4.69, 9.17) is 5.73 Å². The van der Waals surface area contributed by atoms with E-state index >= 15 is 0 Å². The summed E-state index contributed by atoms with van der Waals surface area (Å²) in [5.74, 6) is -0.225. The smallest absolute Gasteiger partial charge is 0.223 e. The summed E-state index contributed by atoms with van der Waals surface area (Å²) in [5.41, 5.74) is 6.65. The number of nitrogens with one attached hydrogen (secondary N) is 1. The molecule has 1 aliphatic rings. The van der Waals surface area contributed by atoms with Crippen LogP contribution in [0.15, 0.2) is 22.7 Å². The molecule has 1 aromatic carbocycles. The Labute approximate surface area is 126 Å². The SMILES string of the molecule is Cl.NC1CCC(C(=O)NCc2ccc(F)cc2Br)C1. The Hall–Kier alpha value is -0.650. The standard InChI is InChI=1S/C13H16BrFN2O.ClH/c14-12-6-10(15)3-1-9(12)7-17-13(18)8-2-4-11(16)5-8;/h1,3,6,8,11H,2,4-5,7,16H2,(H,17,18);1H. The van der Waals surface area contributed by atoms with Gasteiger partial charge >= 0.3 is 0 Å². The number of rotatable bonds is 3. The summed E-state index contributed by atoms with van der Waals surface area (Å²) in [6, 6.07) is 4.60. The second-order valence-corrected chi connectivity index (χ2v) is 5.58. The van der Waals surface area contributed by atoms with Crippen LogP contribution in [0.2, 0.25) is 0 Å². The minimum Gasteiger partial charge on any atom is -0.352 e. The molecule has 1 aliphatic carbocycles. The molecule has 0 aliphatic heterocycles. The fraction of sp³-hybridized carbons (Fsp3) is 0.462. The zero-order chi connectivity index (χ0) is 13.1. The van der Waals surface area contributed by atoms with Gasteiger partial charge in [-0.25, -0.2) is 4.39 Å². The molecule has 2 unspecified atom stereocenters. The molecular weight excluding hydrogens is 335 g/mol. The molecule has 0 bridgehead atoms. The van der Waals surface area contributed by atoms with Crippen molar-refractivity contribution in [3.05, 3.63) is 34.1 Å². The number of nitrogens with two attached hydrogens (primary N) is 1. The summed E-state index contributed by atoms with van der Waals surface area (Å²) in [7, 11) is 0. The minimum absolute atomic E-state index is 0. The van der Waals surface area contributed by atoms with Gasteiger partial charge in [0.05, 0.1) is 0 Å². The number of halogens is 3. The molecular formula is C13H17BrClFN2O. The van der Waals surface area contributed by atoms with Crippen LogP contribution in [0.4, 0.5) is 4.39 Å². The molecule has 0 aromatic heterocycles. The highest BCUT2D eigenvalue weighted by atomic mass is 79.9. The summed E-state index contributed by atoms with van der Waals surface area (Å²) in [6.45, 7) is 0.408. The van der Waals surface area contributed by atoms with Crippen molar-refractivity contribution >= 4 is 34.2 Å². The van der Waals surface area contributed by atoms with E-state index in [9.17, 15) is 9.18 Å². The molecule has 106 valence electrons. The zero-order valence-electron chi connectivity index (χ0n) is 10.4. The third-order valence-corrected chi connectivity index (χ3v) is 4.05. The molecule has 6 heteroatoms. The van der Waals surface area contributed by atoms with Crippen molar-refractivity contribution in [1.29, 1.82) is 0 Å². The Balaban J connectivity index is 0.00000180. The van der Waals surface area contributed by atoms with Crippen LogP contribution in [0.1, 0.15) is 24.8 Å². The third-order valence-electron chi connectivity index (χ3n) is 3.31. The van der Waals surface area contributed by atoms with E-state index in [1.807, 2.05) is 0 Å². The van der Waals surface area contributed by atoms with Crippen molar-refractivity contribution in [2.75, 3.05) is 0 Å². The van der Waals surface area contributed by atoms with Gasteiger partial charge < -0.3 is 11.1 Å². The van der Waals surface area contributed by atoms with Gasteiger partial charge in [0.15, 0.2) is 0 Å². The van der Waals surface area contributed by atoms with Crippen molar-refractivity contribution in [1.82, 2.24) is 5.32 Å². The molecule has 1 saturated carbocycles. The minimum atomic E-state index is -0.293. The highest BCUT2D eigenvalue weighted by Crippen LogP contribution is 2.24. The van der Waals surface area contributed by atoms with Gasteiger partial charge in [0.2, 0.25) is 5.91 Å². The van der Waals surface area contributed by atoms with Crippen LogP contribution in [0.25, 0.3) is 0 Å². The van der Waals surface area contributed by atoms with E-state index in [1.54, 1.807) is 6.07 Å². The normalized spacial score (nSPS) is 21.8. The molecule has 2 atom stereocenters. The van der Waals surface area contributed by atoms with E-state index in [0.29, 0.717) is 11.0 Å². The Morgan fingerprint density at radius 2 is 2.21 bits per heavy atom. The average molecular weight is 352 g/mol. The number of hydrogen-bond donors (Lipinski definition) is 2. The summed E-state index contributed by atoms with van der Waals surface area (Å²) in [4.78, 5) is 11.9. The third kappa shape index (κ3) is 4.44. The van der Waals surface area contributed by atoms with Crippen LogP contribution >= 0.6 is 28.3 Å². The van der Waals surface area contributed by atoms with E-state index in [0.717, 1.165) is 24.8 Å². The van der Waals surface area contributed by atoms with Crippen LogP contribution in [-0.2, 0) is 11.3 Å². The van der Waals surface area contributed by atoms with Gasteiger partial charge in [-0.2, -0.15) is 0 Å².